The third-order valence-corrected chi connectivity index (χ3v) is 1.81. The van der Waals surface area contributed by atoms with Crippen LogP contribution < -0.4 is 10.8 Å². The molecule has 0 aliphatic carbocycles. The first-order valence-corrected chi connectivity index (χ1v) is 3.74. The maximum absolute atomic E-state index is 10.4. The highest BCUT2D eigenvalue weighted by Gasteiger charge is 2.06. The van der Waals surface area contributed by atoms with Gasteiger partial charge in [-0.3, -0.25) is 0 Å². The Morgan fingerprint density at radius 3 is 2.42 bits per heavy atom. The number of carboxylic acid groups (broad SMARTS) is 1. The molecule has 0 bridgehead atoms. The first-order valence-electron chi connectivity index (χ1n) is 2.98. The monoisotopic (exact) mass is 204 g/mol. The largest absolute Gasteiger partial charge is 0.545 e. The molecule has 0 amide bonds. The Morgan fingerprint density at radius 2 is 2.00 bits per heavy atom. The van der Waals surface area contributed by atoms with Crippen LogP contribution in [-0.2, 0) is 0 Å². The summed E-state index contributed by atoms with van der Waals surface area (Å²) in [5, 5.41) is 10.7. The van der Waals surface area contributed by atoms with Gasteiger partial charge in [0.1, 0.15) is 0 Å². The normalized spacial score (nSPS) is 9.83. The molecule has 0 aromatic heterocycles. The zero-order valence-electron chi connectivity index (χ0n) is 5.80. The van der Waals surface area contributed by atoms with Crippen LogP contribution in [0.1, 0.15) is 10.4 Å². The van der Waals surface area contributed by atoms with Gasteiger partial charge in [-0.15, -0.1) is 0 Å². The highest BCUT2D eigenvalue weighted by Crippen LogP contribution is 2.26. The average molecular weight is 205 g/mol. The molecule has 2 N–H and O–H groups in total. The molecule has 0 fully saturated rings. The summed E-state index contributed by atoms with van der Waals surface area (Å²) in [5.41, 5.74) is 5.12. The lowest BCUT2D eigenvalue weighted by Crippen LogP contribution is -2.23. The Morgan fingerprint density at radius 1 is 1.42 bits per heavy atom. The lowest BCUT2D eigenvalue weighted by Gasteiger charge is -2.08. The smallest absolute Gasteiger partial charge is 0.0751 e. The second kappa shape index (κ2) is 3.21. The van der Waals surface area contributed by atoms with Gasteiger partial charge in [-0.25, -0.2) is 0 Å². The number of aromatic carboxylic acids is 1. The molecule has 0 radical (unpaired) electrons. The van der Waals surface area contributed by atoms with Crippen LogP contribution in [0.4, 0.5) is 5.69 Å². The number of hydrogen-bond donors (Lipinski definition) is 1. The SMILES string of the molecule is Nc1cc(Cl)cc(Cl)c1C(=O)[O-]. The summed E-state index contributed by atoms with van der Waals surface area (Å²) in [4.78, 5) is 10.4. The van der Waals surface area contributed by atoms with Crippen LogP contribution >= 0.6 is 23.2 Å². The number of rotatable bonds is 1. The molecule has 5 heteroatoms. The van der Waals surface area contributed by atoms with Gasteiger partial charge >= 0.3 is 0 Å². The molecule has 1 aromatic carbocycles. The van der Waals surface area contributed by atoms with Crippen LogP contribution in [-0.4, -0.2) is 5.97 Å². The van der Waals surface area contributed by atoms with Crippen molar-refractivity contribution in [2.24, 2.45) is 0 Å². The number of hydrogen-bond acceptors (Lipinski definition) is 3. The zero-order chi connectivity index (χ0) is 9.30. The Balaban J connectivity index is 3.38. The number of nitrogens with two attached hydrogens (primary N) is 1. The van der Waals surface area contributed by atoms with Crippen LogP contribution in [0.15, 0.2) is 12.1 Å². The van der Waals surface area contributed by atoms with E-state index in [0.717, 1.165) is 0 Å². The quantitative estimate of drug-likeness (QED) is 0.693. The Labute approximate surface area is 78.7 Å². The molecule has 0 aliphatic heterocycles. The van der Waals surface area contributed by atoms with Crippen molar-refractivity contribution in [2.45, 2.75) is 0 Å². The molecule has 64 valence electrons. The molecule has 3 nitrogen and oxygen atoms in total. The third kappa shape index (κ3) is 1.62. The molecule has 0 saturated heterocycles. The van der Waals surface area contributed by atoms with Crippen molar-refractivity contribution in [3.05, 3.63) is 27.7 Å². The van der Waals surface area contributed by atoms with Crippen LogP contribution in [0.5, 0.6) is 0 Å². The van der Waals surface area contributed by atoms with E-state index in [-0.39, 0.29) is 16.3 Å². The minimum Gasteiger partial charge on any atom is -0.545 e. The van der Waals surface area contributed by atoms with Crippen molar-refractivity contribution in [1.29, 1.82) is 0 Å². The third-order valence-electron chi connectivity index (χ3n) is 1.29. The molecule has 0 aliphatic rings. The minimum atomic E-state index is -1.41. The lowest BCUT2D eigenvalue weighted by molar-refractivity contribution is -0.254. The molecule has 0 spiro atoms. The molecule has 0 unspecified atom stereocenters. The van der Waals surface area contributed by atoms with Crippen molar-refractivity contribution in [3.63, 3.8) is 0 Å². The maximum Gasteiger partial charge on any atom is 0.0751 e. The van der Waals surface area contributed by atoms with Crippen LogP contribution in [0, 0.1) is 0 Å². The van der Waals surface area contributed by atoms with Gasteiger partial charge in [-0.2, -0.15) is 0 Å². The maximum atomic E-state index is 10.4. The van der Waals surface area contributed by atoms with E-state index in [9.17, 15) is 9.90 Å². The van der Waals surface area contributed by atoms with Gasteiger partial charge in [0.15, 0.2) is 0 Å². The number of carbonyl (C=O) groups is 1. The van der Waals surface area contributed by atoms with Crippen molar-refractivity contribution in [1.82, 2.24) is 0 Å². The van der Waals surface area contributed by atoms with Crippen molar-refractivity contribution >= 4 is 34.9 Å². The molecule has 12 heavy (non-hydrogen) atoms. The van der Waals surface area contributed by atoms with E-state index >= 15 is 0 Å². The van der Waals surface area contributed by atoms with Gasteiger partial charge in [-0.05, 0) is 12.1 Å². The molecule has 0 saturated carbocycles. The van der Waals surface area contributed by atoms with Gasteiger partial charge in [0.05, 0.1) is 11.0 Å². The van der Waals surface area contributed by atoms with Crippen LogP contribution in [0.25, 0.3) is 0 Å². The second-order valence-electron chi connectivity index (χ2n) is 2.14. The number of anilines is 1. The predicted octanol–water partition coefficient (Wildman–Crippen LogP) is 0.939. The highest BCUT2D eigenvalue weighted by molar-refractivity contribution is 6.37. The molecular formula is C7H4Cl2NO2-. The van der Waals surface area contributed by atoms with E-state index in [0.29, 0.717) is 5.02 Å². The topological polar surface area (TPSA) is 66.2 Å². The first kappa shape index (κ1) is 9.16. The number of halogens is 2. The summed E-state index contributed by atoms with van der Waals surface area (Å²) >= 11 is 11.1. The highest BCUT2D eigenvalue weighted by atomic mass is 35.5. The summed E-state index contributed by atoms with van der Waals surface area (Å²) in [6.07, 6.45) is 0. The van der Waals surface area contributed by atoms with E-state index in [4.69, 9.17) is 28.9 Å². The van der Waals surface area contributed by atoms with Crippen molar-refractivity contribution < 1.29 is 9.90 Å². The van der Waals surface area contributed by atoms with E-state index in [1.165, 1.54) is 12.1 Å². The van der Waals surface area contributed by atoms with Gasteiger partial charge in [-0.1, -0.05) is 23.2 Å². The van der Waals surface area contributed by atoms with E-state index in [1.807, 2.05) is 0 Å². The summed E-state index contributed by atoms with van der Waals surface area (Å²) in [5.74, 6) is -1.41. The minimum absolute atomic E-state index is 0.00694. The molecule has 1 aromatic rings. The van der Waals surface area contributed by atoms with E-state index in [2.05, 4.69) is 0 Å². The Kier molecular flexibility index (Phi) is 2.45. The number of carboxylic acids is 1. The van der Waals surface area contributed by atoms with Crippen molar-refractivity contribution in [2.75, 3.05) is 5.73 Å². The van der Waals surface area contributed by atoms with Crippen LogP contribution in [0.3, 0.4) is 0 Å². The van der Waals surface area contributed by atoms with Crippen LogP contribution in [0.2, 0.25) is 10.0 Å². The summed E-state index contributed by atoms with van der Waals surface area (Å²) < 4.78 is 0. The molecular weight excluding hydrogens is 201 g/mol. The van der Waals surface area contributed by atoms with Gasteiger partial charge in [0.25, 0.3) is 0 Å². The standard InChI is InChI=1S/C7H5Cl2NO2/c8-3-1-4(9)6(7(11)12)5(10)2-3/h1-2H,10H2,(H,11,12)/p-1. The Hall–Kier alpha value is -0.930. The van der Waals surface area contributed by atoms with E-state index in [1.54, 1.807) is 0 Å². The fourth-order valence-electron chi connectivity index (χ4n) is 0.809. The average Bonchev–Trinajstić information content (AvgIpc) is 1.82. The van der Waals surface area contributed by atoms with Gasteiger partial charge in [0, 0.05) is 16.3 Å². The van der Waals surface area contributed by atoms with Gasteiger partial charge in [0.2, 0.25) is 0 Å². The lowest BCUT2D eigenvalue weighted by atomic mass is 10.2. The summed E-state index contributed by atoms with van der Waals surface area (Å²) in [7, 11) is 0. The molecule has 0 atom stereocenters. The molecule has 0 heterocycles. The number of carbonyl (C=O) groups excluding carboxylic acids is 1. The Bertz CT molecular complexity index is 315. The van der Waals surface area contributed by atoms with Gasteiger partial charge < -0.3 is 15.6 Å². The first-order chi connectivity index (χ1) is 5.52. The second-order valence-corrected chi connectivity index (χ2v) is 2.98. The number of nitrogen functional groups attached to an aromatic ring is 1. The zero-order valence-corrected chi connectivity index (χ0v) is 7.32. The number of benzene rings is 1. The fourth-order valence-corrected chi connectivity index (χ4v) is 1.40. The molecule has 1 rings (SSSR count). The van der Waals surface area contributed by atoms with Crippen molar-refractivity contribution in [3.8, 4) is 0 Å². The fraction of sp³-hybridized carbons (Fsp3) is 0. The predicted molar refractivity (Wildman–Crippen MR) is 45.2 cm³/mol. The van der Waals surface area contributed by atoms with E-state index < -0.39 is 5.97 Å². The summed E-state index contributed by atoms with van der Waals surface area (Å²) in [6.45, 7) is 0. The summed E-state index contributed by atoms with van der Waals surface area (Å²) in [6, 6.07) is 2.60.